The van der Waals surface area contributed by atoms with Crippen LogP contribution in [-0.2, 0) is 10.0 Å². The molecule has 2 heterocycles. The van der Waals surface area contributed by atoms with Crippen LogP contribution in [0.3, 0.4) is 0 Å². The minimum Gasteiger partial charge on any atom is -0.255 e. The molecule has 0 fully saturated rings. The molecule has 110 valence electrons. The monoisotopic (exact) mass is 286 g/mol. The van der Waals surface area contributed by atoms with Gasteiger partial charge in [-0.05, 0) is 18.2 Å². The number of nitrogens with zero attached hydrogens (tertiary/aromatic N) is 2. The summed E-state index contributed by atoms with van der Waals surface area (Å²) in [4.78, 5) is 4.03. The normalized spacial score (nSPS) is 9.21. The Bertz CT molecular complexity index is 545. The van der Waals surface area contributed by atoms with E-state index in [1.54, 1.807) is 24.4 Å². The van der Waals surface area contributed by atoms with E-state index in [0.29, 0.717) is 11.0 Å². The number of aromatic nitrogens is 2. The molecule has 19 heavy (non-hydrogen) atoms. The van der Waals surface area contributed by atoms with Crippen molar-refractivity contribution in [2.75, 3.05) is 6.26 Å². The highest BCUT2D eigenvalue weighted by atomic mass is 32.2. The Balaban J connectivity index is 0. The molecular formula is C14H26N2O2S. The average molecular weight is 286 g/mol. The Morgan fingerprint density at radius 1 is 1.00 bits per heavy atom. The van der Waals surface area contributed by atoms with E-state index in [9.17, 15) is 8.42 Å². The van der Waals surface area contributed by atoms with Gasteiger partial charge in [0.2, 0.25) is 10.0 Å². The summed E-state index contributed by atoms with van der Waals surface area (Å²) in [5.74, 6) is 0. The van der Waals surface area contributed by atoms with Crippen LogP contribution in [0.15, 0.2) is 30.6 Å². The smallest absolute Gasteiger partial charge is 0.236 e. The molecule has 0 aromatic carbocycles. The van der Waals surface area contributed by atoms with Crippen LogP contribution in [0.25, 0.3) is 11.0 Å². The zero-order valence-electron chi connectivity index (χ0n) is 13.0. The Morgan fingerprint density at radius 2 is 1.53 bits per heavy atom. The molecule has 0 spiro atoms. The average Bonchev–Trinajstić information content (AvgIpc) is 2.89. The SMILES string of the molecule is CC.CC.CC.CS(=O)(=O)n1ccc2ncccc21. The van der Waals surface area contributed by atoms with Crippen LogP contribution in [0.5, 0.6) is 0 Å². The first-order valence-electron chi connectivity index (χ1n) is 6.72. The molecule has 0 saturated heterocycles. The number of pyridine rings is 1. The maximum Gasteiger partial charge on any atom is 0.236 e. The van der Waals surface area contributed by atoms with Crippen LogP contribution in [-0.4, -0.2) is 23.6 Å². The zero-order chi connectivity index (χ0) is 15.5. The van der Waals surface area contributed by atoms with E-state index in [2.05, 4.69) is 4.98 Å². The molecule has 0 amide bonds. The molecular weight excluding hydrogens is 260 g/mol. The second-order valence-corrected chi connectivity index (χ2v) is 4.64. The summed E-state index contributed by atoms with van der Waals surface area (Å²) in [6, 6.07) is 5.11. The highest BCUT2D eigenvalue weighted by Crippen LogP contribution is 2.13. The maximum atomic E-state index is 11.2. The van der Waals surface area contributed by atoms with Gasteiger partial charge in [0.05, 0.1) is 17.3 Å². The van der Waals surface area contributed by atoms with Crippen LogP contribution in [0.2, 0.25) is 0 Å². The standard InChI is InChI=1S/C8H8N2O2S.3C2H6/c1-13(11,12)10-6-4-7-8(10)3-2-5-9-7;3*1-2/h2-6H,1H3;3*1-2H3. The van der Waals surface area contributed by atoms with E-state index in [0.717, 1.165) is 0 Å². The lowest BCUT2D eigenvalue weighted by molar-refractivity contribution is 0.595. The van der Waals surface area contributed by atoms with Gasteiger partial charge in [-0.3, -0.25) is 4.98 Å². The molecule has 0 saturated carbocycles. The molecule has 0 aliphatic carbocycles. The van der Waals surface area contributed by atoms with Gasteiger partial charge in [0.15, 0.2) is 0 Å². The van der Waals surface area contributed by atoms with Gasteiger partial charge in [0.1, 0.15) is 0 Å². The lowest BCUT2D eigenvalue weighted by Crippen LogP contribution is -2.07. The van der Waals surface area contributed by atoms with Gasteiger partial charge in [-0.1, -0.05) is 41.5 Å². The van der Waals surface area contributed by atoms with Crippen molar-refractivity contribution in [1.82, 2.24) is 8.96 Å². The summed E-state index contributed by atoms with van der Waals surface area (Å²) in [6.07, 6.45) is 4.31. The van der Waals surface area contributed by atoms with Crippen LogP contribution in [0.1, 0.15) is 41.5 Å². The van der Waals surface area contributed by atoms with Crippen LogP contribution < -0.4 is 0 Å². The van der Waals surface area contributed by atoms with E-state index in [-0.39, 0.29) is 0 Å². The first kappa shape index (κ1) is 20.0. The minimum absolute atomic E-state index is 0.616. The van der Waals surface area contributed by atoms with E-state index in [1.165, 1.54) is 16.4 Å². The van der Waals surface area contributed by atoms with Crippen molar-refractivity contribution < 1.29 is 8.42 Å². The first-order chi connectivity index (χ1) is 9.09. The third-order valence-corrected chi connectivity index (χ3v) is 2.81. The number of hydrogen-bond donors (Lipinski definition) is 0. The van der Waals surface area contributed by atoms with Crippen molar-refractivity contribution in [2.45, 2.75) is 41.5 Å². The fourth-order valence-electron chi connectivity index (χ4n) is 1.23. The highest BCUT2D eigenvalue weighted by Gasteiger charge is 2.08. The van der Waals surface area contributed by atoms with Crippen LogP contribution in [0, 0.1) is 0 Å². The lowest BCUT2D eigenvalue weighted by atomic mass is 10.4. The van der Waals surface area contributed by atoms with Crippen LogP contribution in [0.4, 0.5) is 0 Å². The molecule has 2 aromatic rings. The van der Waals surface area contributed by atoms with Gasteiger partial charge < -0.3 is 0 Å². The Kier molecular flexibility index (Phi) is 11.1. The number of hydrogen-bond acceptors (Lipinski definition) is 3. The molecule has 2 aromatic heterocycles. The van der Waals surface area contributed by atoms with Crippen molar-refractivity contribution in [3.05, 3.63) is 30.6 Å². The quantitative estimate of drug-likeness (QED) is 0.798. The van der Waals surface area contributed by atoms with Gasteiger partial charge in [-0.15, -0.1) is 0 Å². The van der Waals surface area contributed by atoms with E-state index < -0.39 is 10.0 Å². The van der Waals surface area contributed by atoms with Gasteiger partial charge in [-0.2, -0.15) is 0 Å². The zero-order valence-corrected chi connectivity index (χ0v) is 13.8. The summed E-state index contributed by atoms with van der Waals surface area (Å²) in [7, 11) is -3.21. The Labute approximate surface area is 117 Å². The third-order valence-electron chi connectivity index (χ3n) is 1.78. The molecule has 0 aliphatic heterocycles. The van der Waals surface area contributed by atoms with Crippen molar-refractivity contribution in [3.63, 3.8) is 0 Å². The molecule has 5 heteroatoms. The predicted octanol–water partition coefficient (Wildman–Crippen LogP) is 3.92. The molecule has 0 radical (unpaired) electrons. The van der Waals surface area contributed by atoms with E-state index in [1.807, 2.05) is 41.5 Å². The van der Waals surface area contributed by atoms with E-state index >= 15 is 0 Å². The summed E-state index contributed by atoms with van der Waals surface area (Å²) in [5.41, 5.74) is 1.30. The number of rotatable bonds is 1. The summed E-state index contributed by atoms with van der Waals surface area (Å²) < 4.78 is 23.7. The first-order valence-corrected chi connectivity index (χ1v) is 8.56. The Hall–Kier alpha value is -1.36. The predicted molar refractivity (Wildman–Crippen MR) is 84.0 cm³/mol. The van der Waals surface area contributed by atoms with Crippen molar-refractivity contribution in [1.29, 1.82) is 0 Å². The van der Waals surface area contributed by atoms with Crippen molar-refractivity contribution >= 4 is 21.1 Å². The topological polar surface area (TPSA) is 52.0 Å². The fourth-order valence-corrected chi connectivity index (χ4v) is 2.03. The molecule has 4 nitrogen and oxygen atoms in total. The lowest BCUT2D eigenvalue weighted by Gasteiger charge is -1.99. The van der Waals surface area contributed by atoms with Crippen molar-refractivity contribution in [3.8, 4) is 0 Å². The van der Waals surface area contributed by atoms with Crippen LogP contribution >= 0.6 is 0 Å². The van der Waals surface area contributed by atoms with Gasteiger partial charge >= 0.3 is 0 Å². The molecule has 0 bridgehead atoms. The number of fused-ring (bicyclic) bond motifs is 1. The molecule has 0 atom stereocenters. The Morgan fingerprint density at radius 3 is 2.00 bits per heavy atom. The molecule has 2 rings (SSSR count). The van der Waals surface area contributed by atoms with Gasteiger partial charge in [0.25, 0.3) is 0 Å². The molecule has 0 N–H and O–H groups in total. The third kappa shape index (κ3) is 5.87. The summed E-state index contributed by atoms with van der Waals surface area (Å²) >= 11 is 0. The van der Waals surface area contributed by atoms with Gasteiger partial charge in [0, 0.05) is 12.4 Å². The maximum absolute atomic E-state index is 11.2. The molecule has 0 aliphatic rings. The largest absolute Gasteiger partial charge is 0.255 e. The highest BCUT2D eigenvalue weighted by molar-refractivity contribution is 7.89. The fraction of sp³-hybridized carbons (Fsp3) is 0.500. The molecule has 0 unspecified atom stereocenters. The summed E-state index contributed by atoms with van der Waals surface area (Å²) in [5, 5.41) is 0. The summed E-state index contributed by atoms with van der Waals surface area (Å²) in [6.45, 7) is 12.0. The minimum atomic E-state index is -3.21. The van der Waals surface area contributed by atoms with Gasteiger partial charge in [-0.25, -0.2) is 12.4 Å². The van der Waals surface area contributed by atoms with E-state index in [4.69, 9.17) is 0 Å². The second kappa shape index (κ2) is 10.6. The van der Waals surface area contributed by atoms with Crippen molar-refractivity contribution in [2.24, 2.45) is 0 Å². The second-order valence-electron chi connectivity index (χ2n) is 2.78.